The molecule has 0 aromatic heterocycles. The molecule has 1 saturated heterocycles. The van der Waals surface area contributed by atoms with Crippen molar-refractivity contribution in [3.8, 4) is 0 Å². The molecule has 15 heavy (non-hydrogen) atoms. The number of carbonyl (C=O) groups excluding carboxylic acids is 1. The third-order valence-electron chi connectivity index (χ3n) is 1.97. The van der Waals surface area contributed by atoms with Crippen molar-refractivity contribution in [3.05, 3.63) is 12.3 Å². The van der Waals surface area contributed by atoms with E-state index in [0.29, 0.717) is 19.3 Å². The van der Waals surface area contributed by atoms with Gasteiger partial charge in [-0.25, -0.2) is 9.59 Å². The first kappa shape index (κ1) is 11.5. The third-order valence-corrected chi connectivity index (χ3v) is 1.97. The van der Waals surface area contributed by atoms with E-state index < -0.39 is 30.1 Å². The first-order valence-electron chi connectivity index (χ1n) is 4.48. The lowest BCUT2D eigenvalue weighted by molar-refractivity contribution is -0.208. The van der Waals surface area contributed by atoms with Crippen molar-refractivity contribution in [1.82, 2.24) is 0 Å². The fourth-order valence-corrected chi connectivity index (χ4v) is 1.25. The second-order valence-corrected chi connectivity index (χ2v) is 3.18. The van der Waals surface area contributed by atoms with E-state index >= 15 is 0 Å². The zero-order valence-corrected chi connectivity index (χ0v) is 8.01. The van der Waals surface area contributed by atoms with Crippen LogP contribution in [0.25, 0.3) is 0 Å². The average Bonchev–Trinajstić information content (AvgIpc) is 2.18. The van der Waals surface area contributed by atoms with Crippen LogP contribution in [-0.2, 0) is 19.1 Å². The number of hydrogen-bond donors (Lipinski definition) is 2. The fraction of sp³-hybridized carbons (Fsp3) is 0.556. The van der Waals surface area contributed by atoms with Crippen LogP contribution in [0.15, 0.2) is 12.3 Å². The summed E-state index contributed by atoms with van der Waals surface area (Å²) in [5.41, 5.74) is 0. The number of carbonyl (C=O) groups is 2. The Kier molecular flexibility index (Phi) is 3.68. The molecule has 2 unspecified atom stereocenters. The van der Waals surface area contributed by atoms with Gasteiger partial charge in [-0.3, -0.25) is 0 Å². The standard InChI is InChI=1S/C9H12O6/c1-5(10)9(13)15-7-4-2-3-6(14-7)8(11)12/h6-7,10H,1-4H2,(H,11,12). The smallest absolute Gasteiger partial charge is 0.375 e. The number of ether oxygens (including phenoxy) is 2. The largest absolute Gasteiger partial charge is 0.502 e. The molecule has 1 fully saturated rings. The van der Waals surface area contributed by atoms with Gasteiger partial charge >= 0.3 is 11.9 Å². The summed E-state index contributed by atoms with van der Waals surface area (Å²) >= 11 is 0. The maximum atomic E-state index is 10.9. The molecule has 1 aliphatic rings. The number of hydrogen-bond acceptors (Lipinski definition) is 5. The van der Waals surface area contributed by atoms with E-state index in [1.807, 2.05) is 0 Å². The van der Waals surface area contributed by atoms with Crippen LogP contribution in [0.1, 0.15) is 19.3 Å². The average molecular weight is 216 g/mol. The Bertz CT molecular complexity index is 284. The Morgan fingerprint density at radius 2 is 2.00 bits per heavy atom. The Hall–Kier alpha value is -1.56. The Labute approximate surface area is 86.1 Å². The number of esters is 1. The Morgan fingerprint density at radius 3 is 2.53 bits per heavy atom. The molecule has 2 atom stereocenters. The minimum absolute atomic E-state index is 0.392. The molecule has 0 aromatic rings. The van der Waals surface area contributed by atoms with Crippen LogP contribution in [0, 0.1) is 0 Å². The minimum Gasteiger partial charge on any atom is -0.502 e. The molecule has 0 spiro atoms. The number of carboxylic acids is 1. The predicted octanol–water partition coefficient (Wildman–Crippen LogP) is 0.581. The van der Waals surface area contributed by atoms with Crippen molar-refractivity contribution < 1.29 is 29.3 Å². The second kappa shape index (κ2) is 4.79. The van der Waals surface area contributed by atoms with Crippen LogP contribution in [0.4, 0.5) is 0 Å². The van der Waals surface area contributed by atoms with Gasteiger partial charge in [0.2, 0.25) is 6.29 Å². The summed E-state index contributed by atoms with van der Waals surface area (Å²) in [6, 6.07) is 0. The summed E-state index contributed by atoms with van der Waals surface area (Å²) in [5, 5.41) is 17.4. The van der Waals surface area contributed by atoms with Gasteiger partial charge in [-0.2, -0.15) is 0 Å². The van der Waals surface area contributed by atoms with E-state index in [1.165, 1.54) is 0 Å². The lowest BCUT2D eigenvalue weighted by atomic mass is 10.1. The van der Waals surface area contributed by atoms with Gasteiger partial charge in [-0.05, 0) is 19.4 Å². The second-order valence-electron chi connectivity index (χ2n) is 3.18. The normalized spacial score (nSPS) is 25.6. The molecular formula is C9H12O6. The van der Waals surface area contributed by atoms with E-state index in [9.17, 15) is 9.59 Å². The van der Waals surface area contributed by atoms with Crippen molar-refractivity contribution in [1.29, 1.82) is 0 Å². The van der Waals surface area contributed by atoms with E-state index in [4.69, 9.17) is 14.9 Å². The van der Waals surface area contributed by atoms with E-state index in [1.54, 1.807) is 0 Å². The summed E-state index contributed by atoms with van der Waals surface area (Å²) in [5.74, 6) is -2.80. The van der Waals surface area contributed by atoms with Gasteiger partial charge in [0.1, 0.15) is 0 Å². The highest BCUT2D eigenvalue weighted by Gasteiger charge is 2.30. The summed E-state index contributed by atoms with van der Waals surface area (Å²) in [4.78, 5) is 21.5. The quantitative estimate of drug-likeness (QED) is 0.407. The summed E-state index contributed by atoms with van der Waals surface area (Å²) in [7, 11) is 0. The van der Waals surface area contributed by atoms with Gasteiger partial charge in [-0.15, -0.1) is 0 Å². The van der Waals surface area contributed by atoms with Crippen LogP contribution in [0.5, 0.6) is 0 Å². The SMILES string of the molecule is C=C(O)C(=O)OC1CCCC(C(=O)O)O1. The summed E-state index contributed by atoms with van der Waals surface area (Å²) in [6.45, 7) is 2.98. The molecule has 0 aliphatic carbocycles. The molecule has 0 bridgehead atoms. The van der Waals surface area contributed by atoms with Gasteiger partial charge in [0.25, 0.3) is 0 Å². The highest BCUT2D eigenvalue weighted by molar-refractivity contribution is 5.85. The van der Waals surface area contributed by atoms with E-state index in [0.717, 1.165) is 0 Å². The predicted molar refractivity (Wildman–Crippen MR) is 48.0 cm³/mol. The van der Waals surface area contributed by atoms with Crippen LogP contribution < -0.4 is 0 Å². The highest BCUT2D eigenvalue weighted by Crippen LogP contribution is 2.20. The fourth-order valence-electron chi connectivity index (χ4n) is 1.25. The van der Waals surface area contributed by atoms with Crippen molar-refractivity contribution >= 4 is 11.9 Å². The molecule has 0 radical (unpaired) electrons. The summed E-state index contributed by atoms with van der Waals surface area (Å²) in [6.07, 6.45) is -0.473. The van der Waals surface area contributed by atoms with Gasteiger partial charge in [0.15, 0.2) is 11.9 Å². The molecule has 0 saturated carbocycles. The first-order valence-corrected chi connectivity index (χ1v) is 4.48. The number of aliphatic hydroxyl groups excluding tert-OH is 1. The molecule has 6 nitrogen and oxygen atoms in total. The zero-order valence-electron chi connectivity index (χ0n) is 8.01. The molecule has 1 heterocycles. The number of carboxylic acid groups (broad SMARTS) is 1. The monoisotopic (exact) mass is 216 g/mol. The molecule has 0 amide bonds. The maximum Gasteiger partial charge on any atom is 0.375 e. The van der Waals surface area contributed by atoms with E-state index in [-0.39, 0.29) is 0 Å². The molecule has 84 valence electrons. The van der Waals surface area contributed by atoms with Crippen molar-refractivity contribution in [2.45, 2.75) is 31.7 Å². The zero-order chi connectivity index (χ0) is 11.4. The molecule has 6 heteroatoms. The molecule has 0 aromatic carbocycles. The number of rotatable bonds is 3. The van der Waals surface area contributed by atoms with Crippen molar-refractivity contribution in [3.63, 3.8) is 0 Å². The lowest BCUT2D eigenvalue weighted by Crippen LogP contribution is -2.36. The van der Waals surface area contributed by atoms with Crippen LogP contribution in [0.3, 0.4) is 0 Å². The first-order chi connectivity index (χ1) is 7.00. The van der Waals surface area contributed by atoms with Crippen LogP contribution in [0.2, 0.25) is 0 Å². The van der Waals surface area contributed by atoms with Gasteiger partial charge in [0, 0.05) is 6.42 Å². The Morgan fingerprint density at radius 1 is 1.33 bits per heavy atom. The van der Waals surface area contributed by atoms with Gasteiger partial charge < -0.3 is 19.7 Å². The molecule has 1 rings (SSSR count). The number of aliphatic hydroxyl groups is 1. The van der Waals surface area contributed by atoms with Crippen LogP contribution >= 0.6 is 0 Å². The summed E-state index contributed by atoms with van der Waals surface area (Å²) < 4.78 is 9.63. The highest BCUT2D eigenvalue weighted by atomic mass is 16.7. The minimum atomic E-state index is -1.08. The van der Waals surface area contributed by atoms with Crippen molar-refractivity contribution in [2.75, 3.05) is 0 Å². The van der Waals surface area contributed by atoms with Gasteiger partial charge in [-0.1, -0.05) is 0 Å². The van der Waals surface area contributed by atoms with Crippen LogP contribution in [-0.4, -0.2) is 34.5 Å². The van der Waals surface area contributed by atoms with Gasteiger partial charge in [0.05, 0.1) is 0 Å². The maximum absolute atomic E-state index is 10.9. The topological polar surface area (TPSA) is 93.1 Å². The molecular weight excluding hydrogens is 204 g/mol. The lowest BCUT2D eigenvalue weighted by Gasteiger charge is -2.26. The molecule has 2 N–H and O–H groups in total. The molecule has 1 aliphatic heterocycles. The Balaban J connectivity index is 2.46. The third kappa shape index (κ3) is 3.25. The van der Waals surface area contributed by atoms with Crippen molar-refractivity contribution in [2.24, 2.45) is 0 Å². The van der Waals surface area contributed by atoms with E-state index in [2.05, 4.69) is 11.3 Å². The number of aliphatic carboxylic acids is 1.